The standard InChI is InChI=1S/C20H26N2O4S/c1-14-7-6-8-17(11-14)13-21-20(23)16(3)22(27(5,24)25)18-12-15(2)9-10-19(18)26-4/h6-12,16H,13H2,1-5H3,(H,21,23)/t16-/m1/s1. The Hall–Kier alpha value is -2.54. The van der Waals surface area contributed by atoms with Gasteiger partial charge in [0.2, 0.25) is 15.9 Å². The summed E-state index contributed by atoms with van der Waals surface area (Å²) < 4.78 is 31.3. The highest BCUT2D eigenvalue weighted by Crippen LogP contribution is 2.32. The highest BCUT2D eigenvalue weighted by molar-refractivity contribution is 7.92. The van der Waals surface area contributed by atoms with E-state index in [0.717, 1.165) is 27.3 Å². The maximum absolute atomic E-state index is 12.7. The molecule has 0 aliphatic carbocycles. The molecule has 0 saturated heterocycles. The first-order valence-electron chi connectivity index (χ1n) is 8.60. The van der Waals surface area contributed by atoms with E-state index in [2.05, 4.69) is 5.32 Å². The predicted molar refractivity (Wildman–Crippen MR) is 108 cm³/mol. The van der Waals surface area contributed by atoms with Crippen LogP contribution in [0.25, 0.3) is 0 Å². The molecule has 0 unspecified atom stereocenters. The number of nitrogens with one attached hydrogen (secondary N) is 1. The lowest BCUT2D eigenvalue weighted by atomic mass is 10.1. The normalized spacial score (nSPS) is 12.3. The number of carbonyl (C=O) groups excluding carboxylic acids is 1. The van der Waals surface area contributed by atoms with E-state index >= 15 is 0 Å². The lowest BCUT2D eigenvalue weighted by Crippen LogP contribution is -2.47. The fourth-order valence-corrected chi connectivity index (χ4v) is 4.08. The number of amides is 1. The average molecular weight is 391 g/mol. The summed E-state index contributed by atoms with van der Waals surface area (Å²) in [6.07, 6.45) is 1.08. The number of carbonyl (C=O) groups is 1. The van der Waals surface area contributed by atoms with Gasteiger partial charge in [0.15, 0.2) is 0 Å². The molecule has 27 heavy (non-hydrogen) atoms. The molecule has 0 heterocycles. The number of ether oxygens (including phenoxy) is 1. The van der Waals surface area contributed by atoms with E-state index in [4.69, 9.17) is 4.74 Å². The third kappa shape index (κ3) is 5.23. The number of nitrogens with zero attached hydrogens (tertiary/aromatic N) is 1. The summed E-state index contributed by atoms with van der Waals surface area (Å²) in [6, 6.07) is 12.1. The minimum atomic E-state index is -3.71. The molecule has 7 heteroatoms. The van der Waals surface area contributed by atoms with Crippen molar-refractivity contribution in [1.29, 1.82) is 0 Å². The van der Waals surface area contributed by atoms with Crippen LogP contribution in [0.4, 0.5) is 5.69 Å². The van der Waals surface area contributed by atoms with Crippen LogP contribution in [0.15, 0.2) is 42.5 Å². The second-order valence-corrected chi connectivity index (χ2v) is 8.48. The van der Waals surface area contributed by atoms with Crippen LogP contribution in [0.5, 0.6) is 5.75 Å². The van der Waals surface area contributed by atoms with Gasteiger partial charge in [-0.25, -0.2) is 8.42 Å². The van der Waals surface area contributed by atoms with Gasteiger partial charge < -0.3 is 10.1 Å². The molecule has 0 aromatic heterocycles. The van der Waals surface area contributed by atoms with Crippen molar-refractivity contribution in [2.45, 2.75) is 33.4 Å². The molecule has 1 atom stereocenters. The molecule has 0 bridgehead atoms. The van der Waals surface area contributed by atoms with Crippen LogP contribution in [0.2, 0.25) is 0 Å². The van der Waals surface area contributed by atoms with Crippen molar-refractivity contribution >= 4 is 21.6 Å². The van der Waals surface area contributed by atoms with Crippen molar-refractivity contribution in [2.75, 3.05) is 17.7 Å². The maximum Gasteiger partial charge on any atom is 0.243 e. The molecule has 0 fully saturated rings. The zero-order valence-corrected chi connectivity index (χ0v) is 17.1. The second-order valence-electron chi connectivity index (χ2n) is 6.62. The fraction of sp³-hybridized carbons (Fsp3) is 0.350. The summed E-state index contributed by atoms with van der Waals surface area (Å²) in [4.78, 5) is 12.7. The third-order valence-electron chi connectivity index (χ3n) is 4.21. The van der Waals surface area contributed by atoms with Crippen molar-refractivity contribution in [3.05, 3.63) is 59.2 Å². The Labute approximate surface area is 161 Å². The molecule has 0 aliphatic rings. The lowest BCUT2D eigenvalue weighted by Gasteiger charge is -2.29. The van der Waals surface area contributed by atoms with Crippen molar-refractivity contribution in [1.82, 2.24) is 5.32 Å². The molecule has 0 saturated carbocycles. The van der Waals surface area contributed by atoms with Gasteiger partial charge in [-0.2, -0.15) is 0 Å². The van der Waals surface area contributed by atoms with E-state index in [-0.39, 0.29) is 5.91 Å². The number of rotatable bonds is 7. The monoisotopic (exact) mass is 390 g/mol. The average Bonchev–Trinajstić information content (AvgIpc) is 2.59. The number of anilines is 1. The highest BCUT2D eigenvalue weighted by Gasteiger charge is 2.31. The first-order valence-corrected chi connectivity index (χ1v) is 10.5. The Morgan fingerprint density at radius 3 is 2.41 bits per heavy atom. The van der Waals surface area contributed by atoms with Crippen molar-refractivity contribution in [3.8, 4) is 5.75 Å². The topological polar surface area (TPSA) is 75.7 Å². The van der Waals surface area contributed by atoms with Crippen LogP contribution in [0.3, 0.4) is 0 Å². The molecular weight excluding hydrogens is 364 g/mol. The number of hydrogen-bond acceptors (Lipinski definition) is 4. The number of aryl methyl sites for hydroxylation is 2. The van der Waals surface area contributed by atoms with E-state index < -0.39 is 16.1 Å². The van der Waals surface area contributed by atoms with Gasteiger partial charge in [0.25, 0.3) is 0 Å². The SMILES string of the molecule is COc1ccc(C)cc1N([C@H](C)C(=O)NCc1cccc(C)c1)S(C)(=O)=O. The lowest BCUT2D eigenvalue weighted by molar-refractivity contribution is -0.122. The Kier molecular flexibility index (Phi) is 6.49. The summed E-state index contributed by atoms with van der Waals surface area (Å²) in [6.45, 7) is 5.72. The fourth-order valence-electron chi connectivity index (χ4n) is 2.91. The van der Waals surface area contributed by atoms with Gasteiger partial charge in [-0.1, -0.05) is 35.9 Å². The second kappa shape index (κ2) is 8.43. The van der Waals surface area contributed by atoms with Crippen molar-refractivity contribution < 1.29 is 17.9 Å². The summed E-state index contributed by atoms with van der Waals surface area (Å²) in [5.74, 6) is 0.00912. The number of hydrogen-bond donors (Lipinski definition) is 1. The smallest absolute Gasteiger partial charge is 0.243 e. The van der Waals surface area contributed by atoms with E-state index in [0.29, 0.717) is 18.0 Å². The van der Waals surface area contributed by atoms with Crippen LogP contribution in [-0.4, -0.2) is 33.7 Å². The minimum absolute atomic E-state index is 0.327. The third-order valence-corrected chi connectivity index (χ3v) is 5.44. The van der Waals surface area contributed by atoms with Crippen molar-refractivity contribution in [3.63, 3.8) is 0 Å². The number of sulfonamides is 1. The van der Waals surface area contributed by atoms with Crippen LogP contribution in [0, 0.1) is 13.8 Å². The zero-order chi connectivity index (χ0) is 20.2. The largest absolute Gasteiger partial charge is 0.495 e. The number of benzene rings is 2. The first-order chi connectivity index (χ1) is 12.6. The molecule has 146 valence electrons. The molecule has 0 spiro atoms. The van der Waals surface area contributed by atoms with Crippen LogP contribution < -0.4 is 14.4 Å². The Morgan fingerprint density at radius 1 is 1.15 bits per heavy atom. The van der Waals surface area contributed by atoms with E-state index in [1.165, 1.54) is 7.11 Å². The molecule has 1 N–H and O–H groups in total. The van der Waals surface area contributed by atoms with E-state index in [1.54, 1.807) is 19.1 Å². The van der Waals surface area contributed by atoms with Crippen LogP contribution in [0.1, 0.15) is 23.6 Å². The van der Waals surface area contributed by atoms with E-state index in [1.807, 2.05) is 44.2 Å². The summed E-state index contributed by atoms with van der Waals surface area (Å²) in [5, 5.41) is 2.81. The predicted octanol–water partition coefficient (Wildman–Crippen LogP) is 2.78. The van der Waals surface area contributed by atoms with Gasteiger partial charge in [0.05, 0.1) is 19.1 Å². The maximum atomic E-state index is 12.7. The van der Waals surface area contributed by atoms with Gasteiger partial charge in [0.1, 0.15) is 11.8 Å². The molecule has 0 radical (unpaired) electrons. The van der Waals surface area contributed by atoms with Gasteiger partial charge in [-0.15, -0.1) is 0 Å². The minimum Gasteiger partial charge on any atom is -0.495 e. The number of methoxy groups -OCH3 is 1. The van der Waals surface area contributed by atoms with E-state index in [9.17, 15) is 13.2 Å². The van der Waals surface area contributed by atoms with Gasteiger partial charge in [0, 0.05) is 6.54 Å². The Balaban J connectivity index is 2.29. The highest BCUT2D eigenvalue weighted by atomic mass is 32.2. The van der Waals surface area contributed by atoms with Crippen LogP contribution >= 0.6 is 0 Å². The Bertz CT molecular complexity index is 925. The quantitative estimate of drug-likeness (QED) is 0.789. The zero-order valence-electron chi connectivity index (χ0n) is 16.3. The molecule has 6 nitrogen and oxygen atoms in total. The summed E-state index contributed by atoms with van der Waals surface area (Å²) in [5.41, 5.74) is 3.26. The molecule has 2 rings (SSSR count). The molecule has 0 aliphatic heterocycles. The summed E-state index contributed by atoms with van der Waals surface area (Å²) >= 11 is 0. The van der Waals surface area contributed by atoms with Gasteiger partial charge in [-0.05, 0) is 44.0 Å². The van der Waals surface area contributed by atoms with Crippen LogP contribution in [-0.2, 0) is 21.4 Å². The summed E-state index contributed by atoms with van der Waals surface area (Å²) in [7, 11) is -2.24. The molecule has 2 aromatic rings. The molecule has 1 amide bonds. The molecule has 2 aromatic carbocycles. The van der Waals surface area contributed by atoms with Crippen molar-refractivity contribution in [2.24, 2.45) is 0 Å². The Morgan fingerprint density at radius 2 is 1.81 bits per heavy atom. The molecular formula is C20H26N2O4S. The van der Waals surface area contributed by atoms with Gasteiger partial charge >= 0.3 is 0 Å². The first kappa shape index (κ1) is 20.8. The van der Waals surface area contributed by atoms with Gasteiger partial charge in [-0.3, -0.25) is 9.10 Å².